The van der Waals surface area contributed by atoms with Crippen LogP contribution in [0.2, 0.25) is 0 Å². The van der Waals surface area contributed by atoms with Crippen molar-refractivity contribution in [2.24, 2.45) is 5.73 Å². The van der Waals surface area contributed by atoms with Gasteiger partial charge in [0.15, 0.2) is 0 Å². The first-order chi connectivity index (χ1) is 10.2. The minimum atomic E-state index is 0.296. The van der Waals surface area contributed by atoms with Crippen LogP contribution in [-0.2, 0) is 13.1 Å². The first-order valence-corrected chi connectivity index (χ1v) is 7.39. The predicted molar refractivity (Wildman–Crippen MR) is 85.2 cm³/mol. The Hall–Kier alpha value is -1.84. The summed E-state index contributed by atoms with van der Waals surface area (Å²) in [7, 11) is 1.72. The van der Waals surface area contributed by atoms with E-state index in [4.69, 9.17) is 10.5 Å². The first kappa shape index (κ1) is 14.1. The van der Waals surface area contributed by atoms with Crippen molar-refractivity contribution in [2.45, 2.75) is 26.1 Å². The average molecular weight is 282 g/mol. The fourth-order valence-corrected chi connectivity index (χ4v) is 3.26. The second-order valence-electron chi connectivity index (χ2n) is 5.61. The average Bonchev–Trinajstić information content (AvgIpc) is 2.86. The lowest BCUT2D eigenvalue weighted by Gasteiger charge is -2.24. The van der Waals surface area contributed by atoms with Gasteiger partial charge in [0.1, 0.15) is 5.75 Å². The van der Waals surface area contributed by atoms with E-state index in [0.29, 0.717) is 12.6 Å². The molecule has 110 valence electrons. The van der Waals surface area contributed by atoms with Gasteiger partial charge in [-0.3, -0.25) is 4.90 Å². The van der Waals surface area contributed by atoms with Crippen LogP contribution in [0.15, 0.2) is 42.5 Å². The van der Waals surface area contributed by atoms with Crippen LogP contribution < -0.4 is 10.5 Å². The quantitative estimate of drug-likeness (QED) is 0.937. The number of fused-ring (bicyclic) bond motifs is 1. The second kappa shape index (κ2) is 5.88. The van der Waals surface area contributed by atoms with Gasteiger partial charge in [-0.05, 0) is 29.7 Å². The molecule has 0 spiro atoms. The van der Waals surface area contributed by atoms with Gasteiger partial charge < -0.3 is 10.5 Å². The van der Waals surface area contributed by atoms with Crippen LogP contribution in [0.25, 0.3) is 0 Å². The number of aryl methyl sites for hydroxylation is 1. The number of nitrogens with two attached hydrogens (primary N) is 1. The summed E-state index contributed by atoms with van der Waals surface area (Å²) in [5.41, 5.74) is 11.4. The molecular weight excluding hydrogens is 260 g/mol. The minimum absolute atomic E-state index is 0.296. The summed E-state index contributed by atoms with van der Waals surface area (Å²) in [6.07, 6.45) is 0. The second-order valence-corrected chi connectivity index (χ2v) is 5.61. The Morgan fingerprint density at radius 3 is 2.76 bits per heavy atom. The van der Waals surface area contributed by atoms with Crippen LogP contribution in [0.4, 0.5) is 0 Å². The number of rotatable bonds is 4. The van der Waals surface area contributed by atoms with Gasteiger partial charge in [0.25, 0.3) is 0 Å². The Morgan fingerprint density at radius 2 is 2.00 bits per heavy atom. The van der Waals surface area contributed by atoms with Crippen LogP contribution in [-0.4, -0.2) is 18.6 Å². The van der Waals surface area contributed by atoms with Gasteiger partial charge in [-0.25, -0.2) is 0 Å². The molecule has 0 amide bonds. The minimum Gasteiger partial charge on any atom is -0.496 e. The molecule has 3 heteroatoms. The largest absolute Gasteiger partial charge is 0.496 e. The van der Waals surface area contributed by atoms with E-state index in [9.17, 15) is 0 Å². The maximum atomic E-state index is 6.04. The first-order valence-electron chi connectivity index (χ1n) is 7.39. The molecule has 0 bridgehead atoms. The van der Waals surface area contributed by atoms with Crippen LogP contribution >= 0.6 is 0 Å². The maximum Gasteiger partial charge on any atom is 0.123 e. The fourth-order valence-electron chi connectivity index (χ4n) is 3.26. The van der Waals surface area contributed by atoms with Crippen molar-refractivity contribution >= 4 is 0 Å². The Labute approximate surface area is 126 Å². The molecule has 1 unspecified atom stereocenters. The number of hydrogen-bond acceptors (Lipinski definition) is 3. The molecule has 2 aromatic carbocycles. The van der Waals surface area contributed by atoms with Crippen molar-refractivity contribution in [3.63, 3.8) is 0 Å². The summed E-state index contributed by atoms with van der Waals surface area (Å²) in [5.74, 6) is 0.945. The predicted octanol–water partition coefficient (Wildman–Crippen LogP) is 3.02. The molecule has 0 saturated carbocycles. The molecule has 1 aliphatic rings. The molecule has 0 saturated heterocycles. The normalized spacial score (nSPS) is 17.8. The van der Waals surface area contributed by atoms with Gasteiger partial charge >= 0.3 is 0 Å². The van der Waals surface area contributed by atoms with Crippen LogP contribution in [0.1, 0.15) is 28.3 Å². The van der Waals surface area contributed by atoms with Crippen molar-refractivity contribution < 1.29 is 4.74 Å². The monoisotopic (exact) mass is 282 g/mol. The lowest BCUT2D eigenvalue weighted by molar-refractivity contribution is 0.208. The Bertz CT molecular complexity index is 639. The van der Waals surface area contributed by atoms with Crippen molar-refractivity contribution in [1.82, 2.24) is 4.90 Å². The van der Waals surface area contributed by atoms with Gasteiger partial charge in [-0.1, -0.05) is 36.4 Å². The molecule has 1 aliphatic heterocycles. The highest BCUT2D eigenvalue weighted by Gasteiger charge is 2.30. The molecule has 0 aliphatic carbocycles. The summed E-state index contributed by atoms with van der Waals surface area (Å²) in [4.78, 5) is 2.44. The van der Waals surface area contributed by atoms with E-state index in [1.165, 1.54) is 22.3 Å². The maximum absolute atomic E-state index is 6.04. The number of ether oxygens (including phenoxy) is 1. The number of methoxy groups -OCH3 is 1. The third-order valence-electron chi connectivity index (χ3n) is 4.40. The van der Waals surface area contributed by atoms with Gasteiger partial charge in [-0.2, -0.15) is 0 Å². The number of para-hydroxylation sites is 1. The van der Waals surface area contributed by atoms with E-state index in [-0.39, 0.29) is 0 Å². The highest BCUT2D eigenvalue weighted by atomic mass is 16.5. The Kier molecular flexibility index (Phi) is 3.95. The van der Waals surface area contributed by atoms with Crippen LogP contribution in [0.5, 0.6) is 5.75 Å². The SMILES string of the molecule is COc1ccccc1CN1Cc2c(C)cccc2C1CN. The van der Waals surface area contributed by atoms with Gasteiger partial charge in [0.05, 0.1) is 7.11 Å². The number of hydrogen-bond donors (Lipinski definition) is 1. The van der Waals surface area contributed by atoms with Gasteiger partial charge in [-0.15, -0.1) is 0 Å². The van der Waals surface area contributed by atoms with E-state index < -0.39 is 0 Å². The van der Waals surface area contributed by atoms with Crippen LogP contribution in [0.3, 0.4) is 0 Å². The lowest BCUT2D eigenvalue weighted by Crippen LogP contribution is -2.27. The molecule has 0 aromatic heterocycles. The lowest BCUT2D eigenvalue weighted by atomic mass is 10.0. The molecule has 21 heavy (non-hydrogen) atoms. The van der Waals surface area contributed by atoms with Gasteiger partial charge in [0.2, 0.25) is 0 Å². The van der Waals surface area contributed by atoms with E-state index in [1.807, 2.05) is 12.1 Å². The molecule has 0 radical (unpaired) electrons. The van der Waals surface area contributed by atoms with Crippen molar-refractivity contribution in [3.8, 4) is 5.75 Å². The summed E-state index contributed by atoms with van der Waals surface area (Å²) >= 11 is 0. The van der Waals surface area contributed by atoms with Crippen molar-refractivity contribution in [2.75, 3.05) is 13.7 Å². The summed E-state index contributed by atoms with van der Waals surface area (Å²) in [6, 6.07) is 15.0. The van der Waals surface area contributed by atoms with Gasteiger partial charge in [0, 0.05) is 31.2 Å². The van der Waals surface area contributed by atoms with E-state index >= 15 is 0 Å². The molecule has 0 fully saturated rings. The summed E-state index contributed by atoms with van der Waals surface area (Å²) in [5, 5.41) is 0. The topological polar surface area (TPSA) is 38.5 Å². The molecule has 3 nitrogen and oxygen atoms in total. The molecule has 3 rings (SSSR count). The van der Waals surface area contributed by atoms with Crippen LogP contribution in [0, 0.1) is 6.92 Å². The molecule has 2 N–H and O–H groups in total. The smallest absolute Gasteiger partial charge is 0.123 e. The Morgan fingerprint density at radius 1 is 1.19 bits per heavy atom. The fraction of sp³-hybridized carbons (Fsp3) is 0.333. The van der Waals surface area contributed by atoms with E-state index in [1.54, 1.807) is 7.11 Å². The zero-order chi connectivity index (χ0) is 14.8. The molecule has 1 heterocycles. The standard InChI is InChI=1S/C18H22N2O/c1-13-6-5-8-15-16(13)12-20(17(15)10-19)11-14-7-3-4-9-18(14)21-2/h3-9,17H,10-12,19H2,1-2H3. The van der Waals surface area contributed by atoms with Crippen molar-refractivity contribution in [1.29, 1.82) is 0 Å². The third-order valence-corrected chi connectivity index (χ3v) is 4.40. The highest BCUT2D eigenvalue weighted by molar-refractivity contribution is 5.41. The number of nitrogens with zero attached hydrogens (tertiary/aromatic N) is 1. The molecule has 1 atom stereocenters. The summed E-state index contributed by atoms with van der Waals surface area (Å²) in [6.45, 7) is 4.65. The molecule has 2 aromatic rings. The summed E-state index contributed by atoms with van der Waals surface area (Å²) < 4.78 is 5.47. The number of benzene rings is 2. The van der Waals surface area contributed by atoms with Crippen molar-refractivity contribution in [3.05, 3.63) is 64.7 Å². The molecular formula is C18H22N2O. The Balaban J connectivity index is 1.89. The van der Waals surface area contributed by atoms with E-state index in [2.05, 4.69) is 42.2 Å². The van der Waals surface area contributed by atoms with E-state index in [0.717, 1.165) is 18.8 Å². The highest BCUT2D eigenvalue weighted by Crippen LogP contribution is 2.36. The zero-order valence-electron chi connectivity index (χ0n) is 12.7. The zero-order valence-corrected chi connectivity index (χ0v) is 12.7. The third kappa shape index (κ3) is 2.55.